The lowest BCUT2D eigenvalue weighted by molar-refractivity contribution is -0.136. The molecule has 0 fully saturated rings. The van der Waals surface area contributed by atoms with Crippen molar-refractivity contribution in [3.8, 4) is 0 Å². The Balaban J connectivity index is 2.52. The number of hydrogen-bond acceptors (Lipinski definition) is 4. The first-order chi connectivity index (χ1) is 11.7. The molecule has 0 saturated carbocycles. The van der Waals surface area contributed by atoms with Gasteiger partial charge in [-0.25, -0.2) is 5.43 Å². The molecule has 0 heterocycles. The Morgan fingerprint density at radius 2 is 1.92 bits per heavy atom. The van der Waals surface area contributed by atoms with E-state index < -0.39 is 11.8 Å². The first-order valence-corrected chi connectivity index (χ1v) is 8.30. The van der Waals surface area contributed by atoms with Gasteiger partial charge in [-0.05, 0) is 44.9 Å². The van der Waals surface area contributed by atoms with Crippen molar-refractivity contribution in [1.29, 1.82) is 0 Å². The highest BCUT2D eigenvalue weighted by Gasteiger charge is 2.14. The van der Waals surface area contributed by atoms with Crippen LogP contribution in [0.2, 0.25) is 5.02 Å². The Kier molecular flexibility index (Phi) is 8.07. The van der Waals surface area contributed by atoms with Crippen molar-refractivity contribution in [3.63, 3.8) is 0 Å². The van der Waals surface area contributed by atoms with Crippen LogP contribution in [0.1, 0.15) is 39.2 Å². The lowest BCUT2D eigenvalue weighted by atomic mass is 10.2. The number of nitrogens with one attached hydrogen (secondary N) is 3. The minimum atomic E-state index is -0.932. The van der Waals surface area contributed by atoms with E-state index in [1.165, 1.54) is 0 Å². The molecule has 25 heavy (non-hydrogen) atoms. The highest BCUT2D eigenvalue weighted by atomic mass is 35.5. The molecule has 0 saturated heterocycles. The van der Waals surface area contributed by atoms with E-state index in [4.69, 9.17) is 11.6 Å². The molecule has 0 aromatic heterocycles. The van der Waals surface area contributed by atoms with Gasteiger partial charge in [-0.1, -0.05) is 24.6 Å². The third kappa shape index (κ3) is 7.34. The molecule has 0 bridgehead atoms. The number of nitrogens with zero attached hydrogens (tertiary/aromatic N) is 1. The zero-order chi connectivity index (χ0) is 19.0. The van der Waals surface area contributed by atoms with Crippen LogP contribution in [0, 0.1) is 6.92 Å². The van der Waals surface area contributed by atoms with Crippen LogP contribution in [0.5, 0.6) is 0 Å². The second kappa shape index (κ2) is 9.78. The molecule has 1 aromatic rings. The van der Waals surface area contributed by atoms with Crippen LogP contribution in [-0.4, -0.2) is 29.5 Å². The fraction of sp³-hybridized carbons (Fsp3) is 0.412. The average molecular weight is 367 g/mol. The van der Waals surface area contributed by atoms with Gasteiger partial charge in [0.1, 0.15) is 0 Å². The molecular weight excluding hydrogens is 344 g/mol. The number of carbonyl (C=O) groups excluding carboxylic acids is 3. The number of benzene rings is 1. The van der Waals surface area contributed by atoms with E-state index >= 15 is 0 Å². The van der Waals surface area contributed by atoms with Crippen LogP contribution in [0.3, 0.4) is 0 Å². The monoisotopic (exact) mass is 366 g/mol. The van der Waals surface area contributed by atoms with Gasteiger partial charge in [-0.15, -0.1) is 0 Å². The van der Waals surface area contributed by atoms with E-state index in [0.29, 0.717) is 16.4 Å². The quantitative estimate of drug-likeness (QED) is 0.409. The fourth-order valence-electron chi connectivity index (χ4n) is 1.76. The summed E-state index contributed by atoms with van der Waals surface area (Å²) in [7, 11) is 0. The molecule has 1 rings (SSSR count). The van der Waals surface area contributed by atoms with E-state index in [1.54, 1.807) is 25.1 Å². The van der Waals surface area contributed by atoms with Crippen LogP contribution in [-0.2, 0) is 14.4 Å². The predicted octanol–water partition coefficient (Wildman–Crippen LogP) is 2.38. The summed E-state index contributed by atoms with van der Waals surface area (Å²) in [4.78, 5) is 35.3. The van der Waals surface area contributed by atoms with Crippen molar-refractivity contribution in [1.82, 2.24) is 10.7 Å². The Hall–Kier alpha value is -2.41. The Labute approximate surface area is 152 Å². The number of hydrazone groups is 1. The molecule has 1 unspecified atom stereocenters. The summed E-state index contributed by atoms with van der Waals surface area (Å²) < 4.78 is 0. The van der Waals surface area contributed by atoms with Gasteiger partial charge in [0.2, 0.25) is 5.91 Å². The zero-order valence-electron chi connectivity index (χ0n) is 14.8. The maximum atomic E-state index is 11.8. The van der Waals surface area contributed by atoms with Gasteiger partial charge in [0.15, 0.2) is 0 Å². The van der Waals surface area contributed by atoms with Gasteiger partial charge in [0.05, 0.1) is 6.42 Å². The Bertz CT molecular complexity index is 688. The Morgan fingerprint density at radius 1 is 1.24 bits per heavy atom. The van der Waals surface area contributed by atoms with Crippen LogP contribution in [0.25, 0.3) is 0 Å². The first kappa shape index (κ1) is 20.6. The molecule has 0 spiro atoms. The first-order valence-electron chi connectivity index (χ1n) is 7.93. The van der Waals surface area contributed by atoms with Crippen LogP contribution in [0.15, 0.2) is 23.3 Å². The maximum absolute atomic E-state index is 11.8. The van der Waals surface area contributed by atoms with Gasteiger partial charge in [-0.2, -0.15) is 5.10 Å². The number of aryl methyl sites for hydroxylation is 1. The predicted molar refractivity (Wildman–Crippen MR) is 98.6 cm³/mol. The molecule has 0 aliphatic rings. The maximum Gasteiger partial charge on any atom is 0.329 e. The lowest BCUT2D eigenvalue weighted by Crippen LogP contribution is -2.35. The van der Waals surface area contributed by atoms with Gasteiger partial charge in [-0.3, -0.25) is 14.4 Å². The molecule has 1 aromatic carbocycles. The zero-order valence-corrected chi connectivity index (χ0v) is 15.5. The fourth-order valence-corrected chi connectivity index (χ4v) is 1.94. The van der Waals surface area contributed by atoms with E-state index in [2.05, 4.69) is 21.2 Å². The molecule has 8 heteroatoms. The summed E-state index contributed by atoms with van der Waals surface area (Å²) in [5, 5.41) is 9.46. The lowest BCUT2D eigenvalue weighted by Gasteiger charge is -2.11. The number of halogens is 1. The van der Waals surface area contributed by atoms with Crippen molar-refractivity contribution < 1.29 is 14.4 Å². The highest BCUT2D eigenvalue weighted by Crippen LogP contribution is 2.19. The summed E-state index contributed by atoms with van der Waals surface area (Å²) in [6, 6.07) is 4.99. The van der Waals surface area contributed by atoms with Crippen LogP contribution < -0.4 is 16.1 Å². The molecule has 0 radical (unpaired) electrons. The summed E-state index contributed by atoms with van der Waals surface area (Å²) in [6.45, 7) is 7.28. The average Bonchev–Trinajstić information content (AvgIpc) is 2.55. The van der Waals surface area contributed by atoms with Gasteiger partial charge >= 0.3 is 11.8 Å². The van der Waals surface area contributed by atoms with Gasteiger partial charge < -0.3 is 10.6 Å². The molecular formula is C17H23ClN4O3. The number of carbonyl (C=O) groups is 3. The third-order valence-electron chi connectivity index (χ3n) is 3.42. The van der Waals surface area contributed by atoms with Crippen LogP contribution >= 0.6 is 11.6 Å². The Morgan fingerprint density at radius 3 is 2.52 bits per heavy atom. The molecule has 0 aliphatic heterocycles. The molecule has 1 atom stereocenters. The van der Waals surface area contributed by atoms with Crippen molar-refractivity contribution in [3.05, 3.63) is 28.8 Å². The minimum Gasteiger partial charge on any atom is -0.353 e. The third-order valence-corrected chi connectivity index (χ3v) is 3.83. The highest BCUT2D eigenvalue weighted by molar-refractivity contribution is 6.40. The molecule has 3 N–H and O–H groups in total. The molecule has 136 valence electrons. The van der Waals surface area contributed by atoms with Crippen molar-refractivity contribution in [2.45, 2.75) is 46.6 Å². The summed E-state index contributed by atoms with van der Waals surface area (Å²) >= 11 is 5.96. The number of hydrogen-bond donors (Lipinski definition) is 3. The molecule has 3 amide bonds. The normalized spacial score (nSPS) is 12.3. The summed E-state index contributed by atoms with van der Waals surface area (Å²) in [6.07, 6.45) is 0.863. The SMILES string of the molecule is CCC(C)NC(=O)C/C(C)=N/NC(=O)C(=O)Nc1ccc(C)c(Cl)c1. The van der Waals surface area contributed by atoms with E-state index in [-0.39, 0.29) is 18.4 Å². The molecule has 7 nitrogen and oxygen atoms in total. The van der Waals surface area contributed by atoms with Gasteiger partial charge in [0, 0.05) is 22.5 Å². The second-order valence-electron chi connectivity index (χ2n) is 5.76. The van der Waals surface area contributed by atoms with E-state index in [9.17, 15) is 14.4 Å². The smallest absolute Gasteiger partial charge is 0.329 e. The van der Waals surface area contributed by atoms with Crippen molar-refractivity contribution >= 4 is 40.7 Å². The van der Waals surface area contributed by atoms with E-state index in [0.717, 1.165) is 12.0 Å². The standard InChI is InChI=1S/C17H23ClN4O3/c1-5-11(3)19-15(23)8-12(4)21-22-17(25)16(24)20-13-7-6-10(2)14(18)9-13/h6-7,9,11H,5,8H2,1-4H3,(H,19,23)(H,20,24)(H,22,25)/b21-12+. The number of rotatable bonds is 6. The van der Waals surface area contributed by atoms with Crippen LogP contribution in [0.4, 0.5) is 5.69 Å². The minimum absolute atomic E-state index is 0.0415. The summed E-state index contributed by atoms with van der Waals surface area (Å²) in [5.74, 6) is -2.00. The molecule has 0 aliphatic carbocycles. The summed E-state index contributed by atoms with van der Waals surface area (Å²) in [5.41, 5.74) is 3.78. The topological polar surface area (TPSA) is 99.7 Å². The number of anilines is 1. The van der Waals surface area contributed by atoms with Crippen molar-refractivity contribution in [2.75, 3.05) is 5.32 Å². The second-order valence-corrected chi connectivity index (χ2v) is 6.17. The van der Waals surface area contributed by atoms with Gasteiger partial charge in [0.25, 0.3) is 0 Å². The van der Waals surface area contributed by atoms with Crippen molar-refractivity contribution in [2.24, 2.45) is 5.10 Å². The largest absolute Gasteiger partial charge is 0.353 e. The number of amides is 3. The van der Waals surface area contributed by atoms with E-state index in [1.807, 2.05) is 20.8 Å².